The van der Waals surface area contributed by atoms with Crippen LogP contribution in [0.5, 0.6) is 0 Å². The Bertz CT molecular complexity index is 559. The quantitative estimate of drug-likeness (QED) is 0.932. The molecule has 1 heterocycles. The molecule has 1 fully saturated rings. The molecular weight excluding hydrogens is 291 g/mol. The van der Waals surface area contributed by atoms with Crippen molar-refractivity contribution in [1.82, 2.24) is 0 Å². The molecule has 0 aliphatic carbocycles. The van der Waals surface area contributed by atoms with Gasteiger partial charge in [0.15, 0.2) is 9.84 Å². The van der Waals surface area contributed by atoms with Crippen LogP contribution in [-0.4, -0.2) is 30.6 Å². The fourth-order valence-electron chi connectivity index (χ4n) is 2.46. The normalized spacial score (nSPS) is 24.1. The molecule has 2 atom stereocenters. The molecule has 1 aromatic rings. The molecule has 19 heavy (non-hydrogen) atoms. The van der Waals surface area contributed by atoms with Crippen LogP contribution in [0.25, 0.3) is 0 Å². The smallest absolute Gasteiger partial charge is 0.155 e. The summed E-state index contributed by atoms with van der Waals surface area (Å²) in [5, 5.41) is 9.58. The van der Waals surface area contributed by atoms with Gasteiger partial charge in [0.2, 0.25) is 0 Å². The van der Waals surface area contributed by atoms with Crippen molar-refractivity contribution in [3.05, 3.63) is 34.6 Å². The van der Waals surface area contributed by atoms with Crippen LogP contribution in [0, 0.1) is 5.82 Å². The first-order chi connectivity index (χ1) is 8.90. The van der Waals surface area contributed by atoms with Crippen LogP contribution in [0.4, 0.5) is 4.39 Å². The van der Waals surface area contributed by atoms with Crippen molar-refractivity contribution in [3.63, 3.8) is 0 Å². The predicted molar refractivity (Wildman–Crippen MR) is 72.5 cm³/mol. The molecule has 106 valence electrons. The highest BCUT2D eigenvalue weighted by Gasteiger charge is 2.34. The van der Waals surface area contributed by atoms with E-state index < -0.39 is 27.0 Å². The van der Waals surface area contributed by atoms with E-state index in [0.717, 1.165) is 6.42 Å². The highest BCUT2D eigenvalue weighted by Crippen LogP contribution is 2.25. The van der Waals surface area contributed by atoms with Gasteiger partial charge in [0.1, 0.15) is 5.82 Å². The van der Waals surface area contributed by atoms with Gasteiger partial charge in [-0.1, -0.05) is 24.1 Å². The summed E-state index contributed by atoms with van der Waals surface area (Å²) >= 11 is 5.65. The molecule has 0 aromatic heterocycles. The minimum atomic E-state index is -3.26. The SMILES string of the molecule is O=S1(=O)CCCCC1C(O)Cc1ccc(Cl)cc1F. The van der Waals surface area contributed by atoms with Gasteiger partial charge in [-0.25, -0.2) is 12.8 Å². The Morgan fingerprint density at radius 2 is 2.16 bits per heavy atom. The maximum absolute atomic E-state index is 13.6. The van der Waals surface area contributed by atoms with Gasteiger partial charge in [-0.15, -0.1) is 0 Å². The second-order valence-electron chi connectivity index (χ2n) is 4.91. The Balaban J connectivity index is 2.14. The minimum absolute atomic E-state index is 0.00704. The second-order valence-corrected chi connectivity index (χ2v) is 7.68. The van der Waals surface area contributed by atoms with E-state index in [1.165, 1.54) is 18.2 Å². The van der Waals surface area contributed by atoms with Crippen LogP contribution in [0.3, 0.4) is 0 Å². The predicted octanol–water partition coefficient (Wildman–Crippen LogP) is 2.35. The number of aliphatic hydroxyl groups excluding tert-OH is 1. The van der Waals surface area contributed by atoms with Gasteiger partial charge in [-0.2, -0.15) is 0 Å². The van der Waals surface area contributed by atoms with Gasteiger partial charge in [0, 0.05) is 11.4 Å². The number of benzene rings is 1. The molecule has 3 nitrogen and oxygen atoms in total. The zero-order valence-electron chi connectivity index (χ0n) is 10.4. The molecule has 0 saturated carbocycles. The Hall–Kier alpha value is -0.650. The lowest BCUT2D eigenvalue weighted by atomic mass is 10.0. The summed E-state index contributed by atoms with van der Waals surface area (Å²) in [4.78, 5) is 0. The Labute approximate surface area is 117 Å². The van der Waals surface area contributed by atoms with Crippen LogP contribution in [0.1, 0.15) is 24.8 Å². The Kier molecular flexibility index (Phi) is 4.48. The fourth-order valence-corrected chi connectivity index (χ4v) is 4.62. The van der Waals surface area contributed by atoms with E-state index in [0.29, 0.717) is 12.8 Å². The molecule has 1 aliphatic rings. The number of halogens is 2. The summed E-state index contributed by atoms with van der Waals surface area (Å²) < 4.78 is 37.4. The van der Waals surface area contributed by atoms with Crippen LogP contribution in [-0.2, 0) is 16.3 Å². The molecule has 2 rings (SSSR count). The molecule has 0 spiro atoms. The fraction of sp³-hybridized carbons (Fsp3) is 0.538. The van der Waals surface area contributed by atoms with E-state index in [1.54, 1.807) is 0 Å². The maximum Gasteiger partial charge on any atom is 0.155 e. The number of rotatable bonds is 3. The van der Waals surface area contributed by atoms with E-state index in [1.807, 2.05) is 0 Å². The number of hydrogen-bond acceptors (Lipinski definition) is 3. The highest BCUT2D eigenvalue weighted by molar-refractivity contribution is 7.92. The van der Waals surface area contributed by atoms with E-state index in [2.05, 4.69) is 0 Å². The van der Waals surface area contributed by atoms with Gasteiger partial charge in [-0.3, -0.25) is 0 Å². The van der Waals surface area contributed by atoms with Crippen molar-refractivity contribution in [1.29, 1.82) is 0 Å². The molecule has 0 radical (unpaired) electrons. The van der Waals surface area contributed by atoms with Crippen LogP contribution in [0.15, 0.2) is 18.2 Å². The molecule has 0 amide bonds. The highest BCUT2D eigenvalue weighted by atomic mass is 35.5. The van der Waals surface area contributed by atoms with Gasteiger partial charge in [-0.05, 0) is 30.5 Å². The average molecular weight is 307 g/mol. The van der Waals surface area contributed by atoms with Crippen molar-refractivity contribution in [3.8, 4) is 0 Å². The number of aliphatic hydroxyl groups is 1. The molecular formula is C13H16ClFO3S. The molecule has 1 aromatic carbocycles. The van der Waals surface area contributed by atoms with Crippen LogP contribution >= 0.6 is 11.6 Å². The van der Waals surface area contributed by atoms with Crippen molar-refractivity contribution in [2.24, 2.45) is 0 Å². The molecule has 2 unspecified atom stereocenters. The monoisotopic (exact) mass is 306 g/mol. The summed E-state index contributed by atoms with van der Waals surface area (Å²) in [6.45, 7) is 0. The first-order valence-electron chi connectivity index (χ1n) is 6.24. The lowest BCUT2D eigenvalue weighted by Gasteiger charge is -2.26. The second kappa shape index (κ2) is 5.77. The van der Waals surface area contributed by atoms with Crippen molar-refractivity contribution >= 4 is 21.4 Å². The first kappa shape index (κ1) is 14.8. The lowest BCUT2D eigenvalue weighted by molar-refractivity contribution is 0.161. The minimum Gasteiger partial charge on any atom is -0.391 e. The third kappa shape index (κ3) is 3.46. The van der Waals surface area contributed by atoms with Crippen molar-refractivity contribution in [2.75, 3.05) is 5.75 Å². The topological polar surface area (TPSA) is 54.4 Å². The van der Waals surface area contributed by atoms with E-state index in [9.17, 15) is 17.9 Å². The zero-order valence-corrected chi connectivity index (χ0v) is 11.9. The Morgan fingerprint density at radius 1 is 1.42 bits per heavy atom. The third-order valence-corrected chi connectivity index (χ3v) is 6.07. The summed E-state index contributed by atoms with van der Waals surface area (Å²) in [7, 11) is -3.26. The summed E-state index contributed by atoms with van der Waals surface area (Å²) in [5.41, 5.74) is 0.290. The van der Waals surface area contributed by atoms with Gasteiger partial charge >= 0.3 is 0 Å². The summed E-state index contributed by atoms with van der Waals surface area (Å²) in [6, 6.07) is 4.18. The number of hydrogen-bond donors (Lipinski definition) is 1. The molecule has 1 aliphatic heterocycles. The largest absolute Gasteiger partial charge is 0.391 e. The first-order valence-corrected chi connectivity index (χ1v) is 8.33. The zero-order chi connectivity index (χ0) is 14.0. The average Bonchev–Trinajstić information content (AvgIpc) is 2.32. The van der Waals surface area contributed by atoms with Crippen molar-refractivity contribution in [2.45, 2.75) is 37.0 Å². The van der Waals surface area contributed by atoms with Crippen molar-refractivity contribution < 1.29 is 17.9 Å². The number of sulfone groups is 1. The molecule has 1 N–H and O–H groups in total. The molecule has 6 heteroatoms. The molecule has 1 saturated heterocycles. The van der Waals surface area contributed by atoms with E-state index in [4.69, 9.17) is 11.6 Å². The van der Waals surface area contributed by atoms with E-state index >= 15 is 0 Å². The standard InChI is InChI=1S/C13H16ClFO3S/c14-10-5-4-9(11(15)8-10)7-12(16)13-3-1-2-6-19(13,17)18/h4-5,8,12-13,16H,1-3,6-7H2. The summed E-state index contributed by atoms with van der Waals surface area (Å²) in [5.74, 6) is -0.405. The van der Waals surface area contributed by atoms with Gasteiger partial charge in [0.05, 0.1) is 17.1 Å². The van der Waals surface area contributed by atoms with Crippen LogP contribution in [0.2, 0.25) is 5.02 Å². The van der Waals surface area contributed by atoms with Gasteiger partial charge < -0.3 is 5.11 Å². The van der Waals surface area contributed by atoms with E-state index in [-0.39, 0.29) is 22.8 Å². The third-order valence-electron chi connectivity index (χ3n) is 3.50. The van der Waals surface area contributed by atoms with Gasteiger partial charge in [0.25, 0.3) is 0 Å². The van der Waals surface area contributed by atoms with Crippen LogP contribution < -0.4 is 0 Å². The summed E-state index contributed by atoms with van der Waals surface area (Å²) in [6.07, 6.45) is 0.789. The maximum atomic E-state index is 13.6. The molecule has 0 bridgehead atoms. The Morgan fingerprint density at radius 3 is 2.79 bits per heavy atom. The lowest BCUT2D eigenvalue weighted by Crippen LogP contribution is -2.39.